The van der Waals surface area contributed by atoms with Crippen molar-refractivity contribution in [1.82, 2.24) is 4.86 Å². The molecule has 2 unspecified atom stereocenters. The van der Waals surface area contributed by atoms with Gasteiger partial charge in [-0.1, -0.05) is 0 Å². The maximum atomic E-state index is 9.00. The van der Waals surface area contributed by atoms with E-state index in [4.69, 9.17) is 9.90 Å². The van der Waals surface area contributed by atoms with Crippen molar-refractivity contribution in [2.24, 2.45) is 0 Å². The SMILES string of the molecule is CC(=O)O.c1ccc([PH](PNP[PH](c2ccccc2)(c2ccccc2)c2ccccc2)(c2ccccc2)c2ccccc2)cc1. The number of hydrogen-bond acceptors (Lipinski definition) is 2. The first kappa shape index (κ1) is 32.9. The summed E-state index contributed by atoms with van der Waals surface area (Å²) in [7, 11) is 1.14. The molecule has 0 saturated carbocycles. The van der Waals surface area contributed by atoms with E-state index in [9.17, 15) is 0 Å². The van der Waals surface area contributed by atoms with Crippen LogP contribution < -0.4 is 36.7 Å². The summed E-state index contributed by atoms with van der Waals surface area (Å²) in [6.45, 7) is -3.68. The van der Waals surface area contributed by atoms with Crippen LogP contribution in [0.25, 0.3) is 0 Å². The summed E-state index contributed by atoms with van der Waals surface area (Å²) in [5, 5.41) is 16.1. The predicted octanol–water partition coefficient (Wildman–Crippen LogP) is 7.14. The number of carboxylic acid groups (broad SMARTS) is 1. The molecule has 0 spiro atoms. The van der Waals surface area contributed by atoms with Crippen LogP contribution in [-0.4, -0.2) is 11.1 Å². The molecule has 0 heterocycles. The van der Waals surface area contributed by atoms with Crippen LogP contribution in [0.2, 0.25) is 0 Å². The molecule has 0 saturated heterocycles. The Bertz CT molecular complexity index is 1420. The normalized spacial score (nSPS) is 12.5. The molecular formula is C38H39NO2P4. The third-order valence-corrected chi connectivity index (χ3v) is 26.4. The molecule has 0 fully saturated rings. The van der Waals surface area contributed by atoms with Crippen molar-refractivity contribution < 1.29 is 9.90 Å². The fourth-order valence-electron chi connectivity index (χ4n) is 5.78. The molecule has 0 aliphatic carbocycles. The Morgan fingerprint density at radius 2 is 0.578 bits per heavy atom. The Morgan fingerprint density at radius 1 is 0.422 bits per heavy atom. The number of aliphatic carboxylic acids is 1. The minimum absolute atomic E-state index is 0.570. The number of benzene rings is 6. The van der Waals surface area contributed by atoms with E-state index in [-0.39, 0.29) is 0 Å². The molecule has 0 bridgehead atoms. The Labute approximate surface area is 271 Å². The summed E-state index contributed by atoms with van der Waals surface area (Å²) in [6, 6.07) is 67.4. The molecule has 2 atom stereocenters. The van der Waals surface area contributed by atoms with Crippen LogP contribution in [0.4, 0.5) is 0 Å². The van der Waals surface area contributed by atoms with Gasteiger partial charge in [0.25, 0.3) is 5.97 Å². The number of carboxylic acids is 1. The summed E-state index contributed by atoms with van der Waals surface area (Å²) >= 11 is 0. The second kappa shape index (κ2) is 16.2. The van der Waals surface area contributed by atoms with E-state index in [1.807, 2.05) is 0 Å². The maximum absolute atomic E-state index is 9.00. The second-order valence-corrected chi connectivity index (χ2v) is 24.6. The van der Waals surface area contributed by atoms with Crippen molar-refractivity contribution in [3.63, 3.8) is 0 Å². The van der Waals surface area contributed by atoms with Crippen molar-refractivity contribution in [3.05, 3.63) is 182 Å². The summed E-state index contributed by atoms with van der Waals surface area (Å²) in [5.41, 5.74) is 0. The molecule has 0 amide bonds. The summed E-state index contributed by atoms with van der Waals surface area (Å²) < 4.78 is 0. The quantitative estimate of drug-likeness (QED) is 0.153. The first-order valence-electron chi connectivity index (χ1n) is 14.9. The van der Waals surface area contributed by atoms with Crippen molar-refractivity contribution in [2.75, 3.05) is 0 Å². The van der Waals surface area contributed by atoms with Crippen molar-refractivity contribution in [2.45, 2.75) is 6.92 Å². The molecule has 7 heteroatoms. The molecule has 2 N–H and O–H groups in total. The second-order valence-electron chi connectivity index (χ2n) is 10.6. The van der Waals surface area contributed by atoms with E-state index in [0.717, 1.165) is 6.92 Å². The molecule has 228 valence electrons. The zero-order valence-electron chi connectivity index (χ0n) is 25.2. The molecule has 3 nitrogen and oxygen atoms in total. The molecule has 0 aliphatic heterocycles. The number of rotatable bonds is 10. The van der Waals surface area contributed by atoms with Gasteiger partial charge in [-0.15, -0.1) is 0 Å². The molecule has 45 heavy (non-hydrogen) atoms. The van der Waals surface area contributed by atoms with E-state index in [2.05, 4.69) is 187 Å². The first-order valence-corrected chi connectivity index (χ1v) is 22.9. The van der Waals surface area contributed by atoms with Gasteiger partial charge in [-0.05, 0) is 0 Å². The van der Waals surface area contributed by atoms with Crippen LogP contribution in [0.3, 0.4) is 0 Å². The third-order valence-electron chi connectivity index (χ3n) is 7.74. The standard InChI is InChI=1S/C36H35NP4.C2H4O2/c1-7-19-31(20-8-1)40(32-21-9-2-10-22-32,33-23-11-3-12-24-33)38-37-39-41(34-25-13-4-14-26-34,35-27-15-5-16-28-35)36-29-17-6-18-30-36;1-2(3)4/h1-30,37-41H;1H3,(H,3,4). The summed E-state index contributed by atoms with van der Waals surface area (Å²) in [6.07, 6.45) is 0. The van der Waals surface area contributed by atoms with Gasteiger partial charge in [0.05, 0.1) is 0 Å². The topological polar surface area (TPSA) is 49.3 Å². The van der Waals surface area contributed by atoms with E-state index in [1.54, 1.807) is 0 Å². The molecule has 6 rings (SSSR count). The Balaban J connectivity index is 0.000000945. The third kappa shape index (κ3) is 7.65. The summed E-state index contributed by atoms with van der Waals surface area (Å²) in [4.78, 5) is 13.2. The Kier molecular flexibility index (Phi) is 11.8. The number of nitrogens with one attached hydrogen (secondary N) is 1. The molecule has 6 aromatic carbocycles. The molecule has 0 radical (unpaired) electrons. The van der Waals surface area contributed by atoms with Crippen LogP contribution in [0, 0.1) is 0 Å². The molecular weight excluding hydrogens is 626 g/mol. The first-order chi connectivity index (χ1) is 22.1. The Hall–Kier alpha value is -3.53. The van der Waals surface area contributed by atoms with E-state index in [0.29, 0.717) is 16.8 Å². The average molecular weight is 666 g/mol. The van der Waals surface area contributed by atoms with Crippen molar-refractivity contribution in [1.29, 1.82) is 0 Å². The van der Waals surface area contributed by atoms with E-state index < -0.39 is 19.9 Å². The summed E-state index contributed by atoms with van der Waals surface area (Å²) in [5.74, 6) is -0.833. The van der Waals surface area contributed by atoms with Crippen LogP contribution in [0.1, 0.15) is 6.92 Å². The van der Waals surface area contributed by atoms with Gasteiger partial charge in [-0.25, -0.2) is 0 Å². The van der Waals surface area contributed by atoms with Crippen LogP contribution in [0.15, 0.2) is 182 Å². The molecule has 0 aromatic heterocycles. The van der Waals surface area contributed by atoms with Crippen LogP contribution in [0.5, 0.6) is 0 Å². The van der Waals surface area contributed by atoms with E-state index in [1.165, 1.54) is 31.8 Å². The monoisotopic (exact) mass is 665 g/mol. The van der Waals surface area contributed by atoms with Gasteiger partial charge in [-0.3, -0.25) is 4.79 Å². The fourth-order valence-corrected chi connectivity index (χ4v) is 25.8. The number of hydrogen-bond donors (Lipinski definition) is 2. The molecule has 0 aliphatic rings. The van der Waals surface area contributed by atoms with Crippen molar-refractivity contribution >= 4 is 68.5 Å². The van der Waals surface area contributed by atoms with E-state index >= 15 is 0 Å². The van der Waals surface area contributed by atoms with Gasteiger partial charge in [0.1, 0.15) is 0 Å². The predicted molar refractivity (Wildman–Crippen MR) is 206 cm³/mol. The number of carbonyl (C=O) groups is 1. The van der Waals surface area contributed by atoms with Gasteiger partial charge in [-0.2, -0.15) is 0 Å². The van der Waals surface area contributed by atoms with Crippen LogP contribution in [-0.2, 0) is 4.79 Å². The van der Waals surface area contributed by atoms with Gasteiger partial charge in [0.15, 0.2) is 0 Å². The zero-order chi connectivity index (χ0) is 31.4. The van der Waals surface area contributed by atoms with Crippen LogP contribution >= 0.6 is 30.7 Å². The average Bonchev–Trinajstić information content (AvgIpc) is 3.11. The fraction of sp³-hybridized carbons (Fsp3) is 0.0263. The zero-order valence-corrected chi connectivity index (χ0v) is 29.2. The Morgan fingerprint density at radius 3 is 0.733 bits per heavy atom. The van der Waals surface area contributed by atoms with Crippen molar-refractivity contribution in [3.8, 4) is 0 Å². The van der Waals surface area contributed by atoms with Gasteiger partial charge < -0.3 is 5.11 Å². The van der Waals surface area contributed by atoms with Gasteiger partial charge in [0.2, 0.25) is 0 Å². The molecule has 6 aromatic rings. The van der Waals surface area contributed by atoms with Gasteiger partial charge in [0, 0.05) is 6.92 Å². The van der Waals surface area contributed by atoms with Gasteiger partial charge >= 0.3 is 249 Å². The minimum atomic E-state index is -2.38.